The summed E-state index contributed by atoms with van der Waals surface area (Å²) in [5.74, 6) is 2.78. The lowest BCUT2D eigenvalue weighted by atomic mass is 10.3. The van der Waals surface area contributed by atoms with E-state index in [0.717, 1.165) is 17.4 Å². The van der Waals surface area contributed by atoms with Gasteiger partial charge < -0.3 is 0 Å². The molecule has 2 atom stereocenters. The maximum Gasteiger partial charge on any atom is -0.00689 e. The molecule has 0 rings (SSSR count). The molecule has 2 unspecified atom stereocenters. The summed E-state index contributed by atoms with van der Waals surface area (Å²) in [5, 5.41) is 0. The Labute approximate surface area is 78.6 Å². The van der Waals surface area contributed by atoms with Gasteiger partial charge in [0.2, 0.25) is 0 Å². The van der Waals surface area contributed by atoms with Crippen molar-refractivity contribution in [3.8, 4) is 0 Å². The van der Waals surface area contributed by atoms with Crippen LogP contribution in [0.15, 0.2) is 0 Å². The van der Waals surface area contributed by atoms with Crippen molar-refractivity contribution in [3.05, 3.63) is 0 Å². The van der Waals surface area contributed by atoms with Crippen molar-refractivity contribution in [1.29, 1.82) is 0 Å². The van der Waals surface area contributed by atoms with Gasteiger partial charge in [-0.1, -0.05) is 13.8 Å². The number of thiol groups is 2. The Kier molecular flexibility index (Phi) is 17.5. The van der Waals surface area contributed by atoms with E-state index in [-0.39, 0.29) is 0 Å². The van der Waals surface area contributed by atoms with Crippen LogP contribution in [-0.2, 0) is 0 Å². The standard InChI is InChI=1S/C4H11PS.C3H8S/c1-4(2-5)3-6;1-2-3-4/h4,6H,2-3,5H2,1H3;4H,2-3H2,1H3. The summed E-state index contributed by atoms with van der Waals surface area (Å²) < 4.78 is 0. The van der Waals surface area contributed by atoms with Gasteiger partial charge in [0.1, 0.15) is 0 Å². The first kappa shape index (κ1) is 13.7. The lowest BCUT2D eigenvalue weighted by molar-refractivity contribution is 0.767. The van der Waals surface area contributed by atoms with Crippen molar-refractivity contribution >= 4 is 34.5 Å². The molecule has 0 aromatic carbocycles. The molecule has 0 bridgehead atoms. The van der Waals surface area contributed by atoms with Crippen molar-refractivity contribution in [1.82, 2.24) is 0 Å². The van der Waals surface area contributed by atoms with Gasteiger partial charge in [-0.25, -0.2) is 0 Å². The normalized spacial score (nSPS) is 11.7. The Balaban J connectivity index is 0. The van der Waals surface area contributed by atoms with Crippen molar-refractivity contribution in [2.75, 3.05) is 17.7 Å². The van der Waals surface area contributed by atoms with Gasteiger partial charge in [-0.2, -0.15) is 25.3 Å². The lowest BCUT2D eigenvalue weighted by Gasteiger charge is -1.98. The van der Waals surface area contributed by atoms with Crippen LogP contribution in [0.4, 0.5) is 0 Å². The Morgan fingerprint density at radius 2 is 1.80 bits per heavy atom. The smallest absolute Gasteiger partial charge is 0.00689 e. The quantitative estimate of drug-likeness (QED) is 0.505. The lowest BCUT2D eigenvalue weighted by Crippen LogP contribution is -1.94. The average molecular weight is 198 g/mol. The van der Waals surface area contributed by atoms with E-state index in [9.17, 15) is 0 Å². The van der Waals surface area contributed by atoms with Gasteiger partial charge in [-0.15, -0.1) is 9.24 Å². The SMILES string of the molecule is CC(CP)CS.CCCS. The minimum absolute atomic E-state index is 0.762. The molecule has 64 valence electrons. The summed E-state index contributed by atoms with van der Waals surface area (Å²) in [6.07, 6.45) is 2.35. The summed E-state index contributed by atoms with van der Waals surface area (Å²) in [6.45, 7) is 4.28. The second-order valence-electron chi connectivity index (χ2n) is 2.25. The molecular weight excluding hydrogens is 179 g/mol. The molecule has 0 nitrogen and oxygen atoms in total. The zero-order chi connectivity index (χ0) is 8.41. The van der Waals surface area contributed by atoms with Crippen LogP contribution < -0.4 is 0 Å². The zero-order valence-electron chi connectivity index (χ0n) is 6.88. The minimum atomic E-state index is 0.762. The third-order valence-corrected chi connectivity index (χ3v) is 2.81. The maximum absolute atomic E-state index is 4.08. The second kappa shape index (κ2) is 12.8. The molecule has 0 radical (unpaired) electrons. The zero-order valence-corrected chi connectivity index (χ0v) is 9.82. The molecule has 0 aliphatic rings. The second-order valence-corrected chi connectivity index (χ2v) is 3.53. The third kappa shape index (κ3) is 16.1. The van der Waals surface area contributed by atoms with Crippen molar-refractivity contribution in [2.45, 2.75) is 20.3 Å². The number of hydrogen-bond donors (Lipinski definition) is 2. The monoisotopic (exact) mass is 198 g/mol. The van der Waals surface area contributed by atoms with Crippen LogP contribution >= 0.6 is 34.5 Å². The van der Waals surface area contributed by atoms with Gasteiger partial charge in [0.05, 0.1) is 0 Å². The van der Waals surface area contributed by atoms with Crippen molar-refractivity contribution in [3.63, 3.8) is 0 Å². The highest BCUT2D eigenvalue weighted by Gasteiger charge is 1.89. The summed E-state index contributed by atoms with van der Waals surface area (Å²) in [4.78, 5) is 0. The fraction of sp³-hybridized carbons (Fsp3) is 1.00. The van der Waals surface area contributed by atoms with Crippen LogP contribution in [0.5, 0.6) is 0 Å². The van der Waals surface area contributed by atoms with E-state index >= 15 is 0 Å². The van der Waals surface area contributed by atoms with Gasteiger partial charge in [-0.3, -0.25) is 0 Å². The van der Waals surface area contributed by atoms with E-state index < -0.39 is 0 Å². The third-order valence-electron chi connectivity index (χ3n) is 0.938. The molecule has 0 heterocycles. The molecular formula is C7H19PS2. The van der Waals surface area contributed by atoms with Crippen LogP contribution in [0.3, 0.4) is 0 Å². The summed E-state index contributed by atoms with van der Waals surface area (Å²) in [5.41, 5.74) is 0. The average Bonchev–Trinajstić information content (AvgIpc) is 2.03. The van der Waals surface area contributed by atoms with E-state index in [1.165, 1.54) is 12.6 Å². The van der Waals surface area contributed by atoms with E-state index in [1.54, 1.807) is 0 Å². The molecule has 0 fully saturated rings. The first-order chi connectivity index (χ1) is 4.72. The Morgan fingerprint density at radius 1 is 1.40 bits per heavy atom. The molecule has 0 saturated heterocycles. The number of rotatable bonds is 3. The van der Waals surface area contributed by atoms with Gasteiger partial charge in [0.15, 0.2) is 0 Å². The fourth-order valence-electron chi connectivity index (χ4n) is 0.0745. The fourth-order valence-corrected chi connectivity index (χ4v) is 0.671. The van der Waals surface area contributed by atoms with E-state index in [2.05, 4.69) is 48.3 Å². The maximum atomic E-state index is 4.08. The van der Waals surface area contributed by atoms with Crippen molar-refractivity contribution < 1.29 is 0 Å². The molecule has 0 spiro atoms. The molecule has 0 N–H and O–H groups in total. The molecule has 3 heteroatoms. The van der Waals surface area contributed by atoms with Gasteiger partial charge >= 0.3 is 0 Å². The first-order valence-electron chi connectivity index (χ1n) is 3.64. The highest BCUT2D eigenvalue weighted by molar-refractivity contribution is 7.80. The Hall–Kier alpha value is 1.13. The molecule has 0 aromatic rings. The van der Waals surface area contributed by atoms with Crippen LogP contribution in [-0.4, -0.2) is 17.7 Å². The van der Waals surface area contributed by atoms with E-state index in [0.29, 0.717) is 0 Å². The van der Waals surface area contributed by atoms with E-state index in [4.69, 9.17) is 0 Å². The largest absolute Gasteiger partial charge is 0.179 e. The minimum Gasteiger partial charge on any atom is -0.179 e. The van der Waals surface area contributed by atoms with Gasteiger partial charge in [0, 0.05) is 0 Å². The predicted molar refractivity (Wildman–Crippen MR) is 61.7 cm³/mol. The summed E-state index contributed by atoms with van der Waals surface area (Å²) in [6, 6.07) is 0. The summed E-state index contributed by atoms with van der Waals surface area (Å²) >= 11 is 8.00. The molecule has 0 saturated carbocycles. The molecule has 0 aromatic heterocycles. The molecule has 0 aliphatic carbocycles. The topological polar surface area (TPSA) is 0 Å². The van der Waals surface area contributed by atoms with Crippen LogP contribution in [0, 0.1) is 5.92 Å². The molecule has 0 aliphatic heterocycles. The Morgan fingerprint density at radius 3 is 1.80 bits per heavy atom. The summed E-state index contributed by atoms with van der Waals surface area (Å²) in [7, 11) is 2.69. The van der Waals surface area contributed by atoms with Crippen LogP contribution in [0.1, 0.15) is 20.3 Å². The molecule has 10 heavy (non-hydrogen) atoms. The number of hydrogen-bond acceptors (Lipinski definition) is 2. The van der Waals surface area contributed by atoms with Crippen LogP contribution in [0.2, 0.25) is 0 Å². The van der Waals surface area contributed by atoms with E-state index in [1.807, 2.05) is 0 Å². The van der Waals surface area contributed by atoms with Crippen molar-refractivity contribution in [2.24, 2.45) is 5.92 Å². The molecule has 0 amide bonds. The van der Waals surface area contributed by atoms with Gasteiger partial charge in [-0.05, 0) is 30.0 Å². The highest BCUT2D eigenvalue weighted by atomic mass is 32.1. The van der Waals surface area contributed by atoms with Gasteiger partial charge in [0.25, 0.3) is 0 Å². The van der Waals surface area contributed by atoms with Crippen LogP contribution in [0.25, 0.3) is 0 Å². The highest BCUT2D eigenvalue weighted by Crippen LogP contribution is 2.00. The Bertz CT molecular complexity index is 44.9. The first-order valence-corrected chi connectivity index (χ1v) is 5.72. The predicted octanol–water partition coefficient (Wildman–Crippen LogP) is 2.75.